The molecule has 3 aromatic carbocycles. The van der Waals surface area contributed by atoms with Crippen molar-refractivity contribution in [3.8, 4) is 0 Å². The summed E-state index contributed by atoms with van der Waals surface area (Å²) < 4.78 is 0. The molecule has 0 fully saturated rings. The molecule has 31 heavy (non-hydrogen) atoms. The fourth-order valence-corrected chi connectivity index (χ4v) is 2.70. The lowest BCUT2D eigenvalue weighted by Gasteiger charge is -2.11. The molecular formula is C23H19ClN4O3. The molecule has 0 saturated carbocycles. The highest BCUT2D eigenvalue weighted by atomic mass is 35.5. The van der Waals surface area contributed by atoms with E-state index >= 15 is 0 Å². The Kier molecular flexibility index (Phi) is 7.13. The summed E-state index contributed by atoms with van der Waals surface area (Å²) in [6.07, 6.45) is 1.43. The van der Waals surface area contributed by atoms with Crippen LogP contribution in [0.25, 0.3) is 0 Å². The fourth-order valence-electron chi connectivity index (χ4n) is 2.57. The van der Waals surface area contributed by atoms with Gasteiger partial charge in [0.25, 0.3) is 5.91 Å². The minimum Gasteiger partial charge on any atom is -0.322 e. The van der Waals surface area contributed by atoms with Crippen LogP contribution < -0.4 is 16.1 Å². The minimum absolute atomic E-state index is 0.191. The highest BCUT2D eigenvalue weighted by molar-refractivity contribution is 6.40. The Labute approximate surface area is 184 Å². The van der Waals surface area contributed by atoms with E-state index in [0.29, 0.717) is 10.7 Å². The van der Waals surface area contributed by atoms with Crippen LogP contribution in [0.15, 0.2) is 77.9 Å². The van der Waals surface area contributed by atoms with Crippen molar-refractivity contribution in [1.82, 2.24) is 5.43 Å². The van der Waals surface area contributed by atoms with E-state index in [4.69, 9.17) is 11.6 Å². The highest BCUT2D eigenvalue weighted by Gasteiger charge is 2.17. The van der Waals surface area contributed by atoms with Gasteiger partial charge in [0.2, 0.25) is 0 Å². The second-order valence-electron chi connectivity index (χ2n) is 6.57. The molecule has 0 aliphatic rings. The number of rotatable bonds is 5. The zero-order valence-electron chi connectivity index (χ0n) is 16.6. The Morgan fingerprint density at radius 3 is 2.23 bits per heavy atom. The van der Waals surface area contributed by atoms with E-state index in [1.54, 1.807) is 36.4 Å². The molecule has 0 bridgehead atoms. The first-order valence-corrected chi connectivity index (χ1v) is 9.67. The second kappa shape index (κ2) is 10.2. The van der Waals surface area contributed by atoms with Crippen LogP contribution in [0.3, 0.4) is 0 Å². The summed E-state index contributed by atoms with van der Waals surface area (Å²) in [7, 11) is 0. The van der Waals surface area contributed by atoms with E-state index in [1.165, 1.54) is 18.3 Å². The SMILES string of the molecule is Cc1ccc(C=NNC(=O)C(=O)Nc2ccccc2C(=O)Nc2ccc(Cl)cc2)cc1. The third kappa shape index (κ3) is 6.25. The Bertz CT molecular complexity index is 1130. The van der Waals surface area contributed by atoms with Crippen molar-refractivity contribution in [2.45, 2.75) is 6.92 Å². The number of aryl methyl sites for hydroxylation is 1. The third-order valence-electron chi connectivity index (χ3n) is 4.19. The van der Waals surface area contributed by atoms with Gasteiger partial charge in [0.05, 0.1) is 17.5 Å². The summed E-state index contributed by atoms with van der Waals surface area (Å²) in [5.74, 6) is -2.36. The lowest BCUT2D eigenvalue weighted by molar-refractivity contribution is -0.136. The van der Waals surface area contributed by atoms with E-state index in [-0.39, 0.29) is 11.3 Å². The molecule has 3 aromatic rings. The number of carbonyl (C=O) groups excluding carboxylic acids is 3. The van der Waals surface area contributed by atoms with Crippen molar-refractivity contribution in [3.05, 3.63) is 94.5 Å². The van der Waals surface area contributed by atoms with Crippen LogP contribution in [0, 0.1) is 6.92 Å². The van der Waals surface area contributed by atoms with Crippen LogP contribution in [0.4, 0.5) is 11.4 Å². The number of amides is 3. The van der Waals surface area contributed by atoms with Crippen molar-refractivity contribution in [1.29, 1.82) is 0 Å². The standard InChI is InChI=1S/C23H19ClN4O3/c1-15-6-8-16(9-7-15)14-25-28-23(31)22(30)27-20-5-3-2-4-19(20)21(29)26-18-12-10-17(24)11-13-18/h2-14H,1H3,(H,26,29)(H,27,30)(H,28,31). The number of hydrogen-bond acceptors (Lipinski definition) is 4. The predicted octanol–water partition coefficient (Wildman–Crippen LogP) is 3.99. The number of carbonyl (C=O) groups is 3. The summed E-state index contributed by atoms with van der Waals surface area (Å²) in [6, 6.07) is 20.4. The van der Waals surface area contributed by atoms with E-state index < -0.39 is 17.7 Å². The summed E-state index contributed by atoms with van der Waals surface area (Å²) in [4.78, 5) is 36.9. The molecular weight excluding hydrogens is 416 g/mol. The molecule has 0 atom stereocenters. The van der Waals surface area contributed by atoms with Gasteiger partial charge in [-0.3, -0.25) is 14.4 Å². The largest absolute Gasteiger partial charge is 0.329 e. The normalized spacial score (nSPS) is 10.5. The van der Waals surface area contributed by atoms with E-state index in [1.807, 2.05) is 31.2 Å². The van der Waals surface area contributed by atoms with Crippen molar-refractivity contribution in [2.75, 3.05) is 10.6 Å². The molecule has 3 N–H and O–H groups in total. The Morgan fingerprint density at radius 2 is 1.52 bits per heavy atom. The van der Waals surface area contributed by atoms with Gasteiger partial charge in [0, 0.05) is 10.7 Å². The zero-order chi connectivity index (χ0) is 22.2. The number of nitrogens with zero attached hydrogens (tertiary/aromatic N) is 1. The molecule has 0 aliphatic heterocycles. The summed E-state index contributed by atoms with van der Waals surface area (Å²) in [6.45, 7) is 1.96. The number of hydrazone groups is 1. The first kappa shape index (κ1) is 21.7. The number of anilines is 2. The quantitative estimate of drug-likeness (QED) is 0.321. The number of benzene rings is 3. The molecule has 0 saturated heterocycles. The molecule has 0 aromatic heterocycles. The molecule has 0 aliphatic carbocycles. The van der Waals surface area contributed by atoms with Crippen LogP contribution in [0.5, 0.6) is 0 Å². The molecule has 8 heteroatoms. The molecule has 3 rings (SSSR count). The van der Waals surface area contributed by atoms with Gasteiger partial charge in [-0.15, -0.1) is 0 Å². The van der Waals surface area contributed by atoms with Gasteiger partial charge in [-0.25, -0.2) is 5.43 Å². The van der Waals surface area contributed by atoms with Crippen LogP contribution in [-0.4, -0.2) is 23.9 Å². The van der Waals surface area contributed by atoms with Gasteiger partial charge >= 0.3 is 11.8 Å². The molecule has 0 radical (unpaired) electrons. The molecule has 7 nitrogen and oxygen atoms in total. The lowest BCUT2D eigenvalue weighted by atomic mass is 10.1. The second-order valence-corrected chi connectivity index (χ2v) is 7.01. The van der Waals surface area contributed by atoms with Gasteiger partial charge in [-0.2, -0.15) is 5.10 Å². The molecule has 156 valence electrons. The van der Waals surface area contributed by atoms with Crippen molar-refractivity contribution in [3.63, 3.8) is 0 Å². The average Bonchev–Trinajstić information content (AvgIpc) is 2.77. The summed E-state index contributed by atoms with van der Waals surface area (Å²) in [5.41, 5.74) is 4.96. The Morgan fingerprint density at radius 1 is 0.839 bits per heavy atom. The highest BCUT2D eigenvalue weighted by Crippen LogP contribution is 2.19. The topological polar surface area (TPSA) is 99.7 Å². The van der Waals surface area contributed by atoms with E-state index in [2.05, 4.69) is 21.2 Å². The number of nitrogens with one attached hydrogen (secondary N) is 3. The number of para-hydroxylation sites is 1. The monoisotopic (exact) mass is 434 g/mol. The summed E-state index contributed by atoms with van der Waals surface area (Å²) >= 11 is 5.85. The maximum atomic E-state index is 12.6. The van der Waals surface area contributed by atoms with Crippen LogP contribution in [0.1, 0.15) is 21.5 Å². The van der Waals surface area contributed by atoms with Gasteiger partial charge in [0.15, 0.2) is 0 Å². The smallest absolute Gasteiger partial charge is 0.322 e. The summed E-state index contributed by atoms with van der Waals surface area (Å²) in [5, 5.41) is 9.47. The predicted molar refractivity (Wildman–Crippen MR) is 121 cm³/mol. The average molecular weight is 435 g/mol. The number of halogens is 1. The first-order chi connectivity index (χ1) is 14.9. The zero-order valence-corrected chi connectivity index (χ0v) is 17.3. The van der Waals surface area contributed by atoms with Crippen molar-refractivity contribution >= 4 is 46.9 Å². The Balaban J connectivity index is 1.63. The van der Waals surface area contributed by atoms with Gasteiger partial charge in [-0.1, -0.05) is 53.6 Å². The minimum atomic E-state index is -0.962. The molecule has 0 unspecified atom stereocenters. The molecule has 0 spiro atoms. The van der Waals surface area contributed by atoms with Gasteiger partial charge < -0.3 is 10.6 Å². The van der Waals surface area contributed by atoms with Crippen molar-refractivity contribution in [2.24, 2.45) is 5.10 Å². The third-order valence-corrected chi connectivity index (χ3v) is 4.44. The van der Waals surface area contributed by atoms with Gasteiger partial charge in [-0.05, 0) is 48.9 Å². The maximum Gasteiger partial charge on any atom is 0.329 e. The van der Waals surface area contributed by atoms with Gasteiger partial charge in [0.1, 0.15) is 0 Å². The maximum absolute atomic E-state index is 12.6. The van der Waals surface area contributed by atoms with Crippen LogP contribution in [0.2, 0.25) is 5.02 Å². The molecule has 0 heterocycles. The number of hydrogen-bond donors (Lipinski definition) is 3. The van der Waals surface area contributed by atoms with Crippen molar-refractivity contribution < 1.29 is 14.4 Å². The molecule has 3 amide bonds. The van der Waals surface area contributed by atoms with Crippen LogP contribution in [-0.2, 0) is 9.59 Å². The lowest BCUT2D eigenvalue weighted by Crippen LogP contribution is -2.33. The van der Waals surface area contributed by atoms with E-state index in [9.17, 15) is 14.4 Å². The van der Waals surface area contributed by atoms with Crippen LogP contribution >= 0.6 is 11.6 Å². The fraction of sp³-hybridized carbons (Fsp3) is 0.0435. The first-order valence-electron chi connectivity index (χ1n) is 9.29. The van der Waals surface area contributed by atoms with E-state index in [0.717, 1.165) is 11.1 Å². The Hall–Kier alpha value is -3.97.